The highest BCUT2D eigenvalue weighted by atomic mass is 16.6. The molecule has 2 aromatic carbocycles. The minimum atomic E-state index is 0.637. The standard InChI is InChI=1S/C13H11NO/c1-2-6-11-10(4-1)5-3-7-12(11)13-8-9-15-14-13/h1-8,14H,9H2. The van der Waals surface area contributed by atoms with Gasteiger partial charge < -0.3 is 0 Å². The number of hydroxylamine groups is 1. The molecule has 2 aromatic rings. The summed E-state index contributed by atoms with van der Waals surface area (Å²) in [5.41, 5.74) is 5.19. The Morgan fingerprint density at radius 2 is 1.87 bits per heavy atom. The molecule has 0 fully saturated rings. The lowest BCUT2D eigenvalue weighted by molar-refractivity contribution is 0.121. The van der Waals surface area contributed by atoms with E-state index in [1.807, 2.05) is 0 Å². The van der Waals surface area contributed by atoms with Crippen molar-refractivity contribution in [2.45, 2.75) is 0 Å². The van der Waals surface area contributed by atoms with Crippen LogP contribution < -0.4 is 5.48 Å². The van der Waals surface area contributed by atoms with E-state index in [1.165, 1.54) is 16.3 Å². The van der Waals surface area contributed by atoms with Crippen molar-refractivity contribution in [1.82, 2.24) is 5.48 Å². The lowest BCUT2D eigenvalue weighted by atomic mass is 10.0. The first kappa shape index (κ1) is 8.50. The topological polar surface area (TPSA) is 21.3 Å². The molecule has 0 bridgehead atoms. The van der Waals surface area contributed by atoms with Gasteiger partial charge in [0, 0.05) is 5.56 Å². The second kappa shape index (κ2) is 3.41. The fourth-order valence-electron chi connectivity index (χ4n) is 1.91. The van der Waals surface area contributed by atoms with Gasteiger partial charge in [-0.3, -0.25) is 10.3 Å². The summed E-state index contributed by atoms with van der Waals surface area (Å²) >= 11 is 0. The van der Waals surface area contributed by atoms with E-state index >= 15 is 0 Å². The maximum Gasteiger partial charge on any atom is 0.0951 e. The molecule has 0 atom stereocenters. The Bertz CT molecular complexity index is 526. The molecule has 0 saturated carbocycles. The summed E-state index contributed by atoms with van der Waals surface area (Å²) in [6.07, 6.45) is 2.06. The van der Waals surface area contributed by atoms with Crippen LogP contribution in [0.2, 0.25) is 0 Å². The maximum absolute atomic E-state index is 5.12. The molecule has 15 heavy (non-hydrogen) atoms. The van der Waals surface area contributed by atoms with Crippen LogP contribution in [0.5, 0.6) is 0 Å². The number of hydrogen-bond acceptors (Lipinski definition) is 2. The molecule has 74 valence electrons. The zero-order valence-corrected chi connectivity index (χ0v) is 8.23. The molecule has 1 aliphatic rings. The molecule has 0 unspecified atom stereocenters. The predicted molar refractivity (Wildman–Crippen MR) is 61.0 cm³/mol. The van der Waals surface area contributed by atoms with Crippen LogP contribution >= 0.6 is 0 Å². The van der Waals surface area contributed by atoms with Crippen LogP contribution in [0.4, 0.5) is 0 Å². The lowest BCUT2D eigenvalue weighted by Gasteiger charge is -2.07. The molecule has 1 N–H and O–H groups in total. The van der Waals surface area contributed by atoms with Crippen LogP contribution in [0.1, 0.15) is 5.56 Å². The zero-order chi connectivity index (χ0) is 10.1. The van der Waals surface area contributed by atoms with Crippen LogP contribution in [0.3, 0.4) is 0 Å². The summed E-state index contributed by atoms with van der Waals surface area (Å²) in [6.45, 7) is 0.637. The van der Waals surface area contributed by atoms with Gasteiger partial charge in [0.15, 0.2) is 0 Å². The van der Waals surface area contributed by atoms with Crippen LogP contribution in [0.15, 0.2) is 48.5 Å². The normalized spacial score (nSPS) is 15.1. The smallest absolute Gasteiger partial charge is 0.0951 e. The molecular weight excluding hydrogens is 186 g/mol. The van der Waals surface area contributed by atoms with Crippen LogP contribution in [-0.4, -0.2) is 6.61 Å². The molecule has 0 spiro atoms. The first-order valence-corrected chi connectivity index (χ1v) is 5.01. The van der Waals surface area contributed by atoms with E-state index in [0.717, 1.165) is 5.70 Å². The van der Waals surface area contributed by atoms with Gasteiger partial charge in [-0.2, -0.15) is 0 Å². The average Bonchev–Trinajstić information content (AvgIpc) is 2.82. The summed E-state index contributed by atoms with van der Waals surface area (Å²) in [4.78, 5) is 5.12. The summed E-state index contributed by atoms with van der Waals surface area (Å²) in [5, 5.41) is 2.51. The SMILES string of the molecule is C1=C(c2cccc3ccccc23)NOC1. The average molecular weight is 197 g/mol. The van der Waals surface area contributed by atoms with Gasteiger partial charge in [0.05, 0.1) is 12.3 Å². The Morgan fingerprint density at radius 3 is 2.73 bits per heavy atom. The van der Waals surface area contributed by atoms with E-state index in [4.69, 9.17) is 4.84 Å². The summed E-state index contributed by atoms with van der Waals surface area (Å²) in [6, 6.07) is 14.7. The molecule has 0 aliphatic carbocycles. The van der Waals surface area contributed by atoms with Gasteiger partial charge in [-0.25, -0.2) is 0 Å². The number of nitrogens with one attached hydrogen (secondary N) is 1. The molecule has 1 aliphatic heterocycles. The van der Waals surface area contributed by atoms with Crippen LogP contribution in [-0.2, 0) is 4.84 Å². The Hall–Kier alpha value is -1.80. The van der Waals surface area contributed by atoms with E-state index in [0.29, 0.717) is 6.61 Å². The molecule has 1 heterocycles. The fourth-order valence-corrected chi connectivity index (χ4v) is 1.91. The second-order valence-corrected chi connectivity index (χ2v) is 3.56. The Balaban J connectivity index is 2.26. The molecule has 0 saturated heterocycles. The third kappa shape index (κ3) is 1.39. The molecule has 0 aromatic heterocycles. The van der Waals surface area contributed by atoms with E-state index in [2.05, 4.69) is 54.0 Å². The zero-order valence-electron chi connectivity index (χ0n) is 8.23. The summed E-state index contributed by atoms with van der Waals surface area (Å²) in [7, 11) is 0. The maximum atomic E-state index is 5.12. The van der Waals surface area contributed by atoms with E-state index in [-0.39, 0.29) is 0 Å². The Morgan fingerprint density at radius 1 is 1.00 bits per heavy atom. The molecule has 0 radical (unpaired) electrons. The first-order chi connectivity index (χ1) is 7.45. The van der Waals surface area contributed by atoms with Crippen molar-refractivity contribution in [2.75, 3.05) is 6.61 Å². The number of hydrogen-bond donors (Lipinski definition) is 1. The third-order valence-corrected chi connectivity index (χ3v) is 2.63. The molecule has 2 nitrogen and oxygen atoms in total. The minimum absolute atomic E-state index is 0.637. The predicted octanol–water partition coefficient (Wildman–Crippen LogP) is 2.72. The number of rotatable bonds is 1. The van der Waals surface area contributed by atoms with Gasteiger partial charge in [-0.05, 0) is 16.8 Å². The van der Waals surface area contributed by atoms with Gasteiger partial charge in [-0.15, -0.1) is 0 Å². The van der Waals surface area contributed by atoms with Crippen molar-refractivity contribution in [2.24, 2.45) is 0 Å². The van der Waals surface area contributed by atoms with Crippen molar-refractivity contribution >= 4 is 16.5 Å². The summed E-state index contributed by atoms with van der Waals surface area (Å²) in [5.74, 6) is 0. The fraction of sp³-hybridized carbons (Fsp3) is 0.0769. The van der Waals surface area contributed by atoms with Crippen molar-refractivity contribution in [1.29, 1.82) is 0 Å². The van der Waals surface area contributed by atoms with Crippen molar-refractivity contribution < 1.29 is 4.84 Å². The van der Waals surface area contributed by atoms with Gasteiger partial charge in [0.25, 0.3) is 0 Å². The van der Waals surface area contributed by atoms with Gasteiger partial charge in [-0.1, -0.05) is 42.5 Å². The molecular formula is C13H11NO. The Labute approximate surface area is 88.1 Å². The molecule has 2 heteroatoms. The highest BCUT2D eigenvalue weighted by Gasteiger charge is 2.09. The molecule has 0 amide bonds. The first-order valence-electron chi connectivity index (χ1n) is 5.01. The van der Waals surface area contributed by atoms with Crippen LogP contribution in [0, 0.1) is 0 Å². The summed E-state index contributed by atoms with van der Waals surface area (Å²) < 4.78 is 0. The van der Waals surface area contributed by atoms with Crippen molar-refractivity contribution in [3.05, 3.63) is 54.1 Å². The van der Waals surface area contributed by atoms with Gasteiger partial charge in [0.2, 0.25) is 0 Å². The monoisotopic (exact) mass is 197 g/mol. The number of fused-ring (bicyclic) bond motifs is 1. The number of benzene rings is 2. The highest BCUT2D eigenvalue weighted by Crippen LogP contribution is 2.24. The third-order valence-electron chi connectivity index (χ3n) is 2.63. The highest BCUT2D eigenvalue weighted by molar-refractivity contribution is 5.93. The van der Waals surface area contributed by atoms with Crippen LogP contribution in [0.25, 0.3) is 16.5 Å². The van der Waals surface area contributed by atoms with Gasteiger partial charge >= 0.3 is 0 Å². The quantitative estimate of drug-likeness (QED) is 0.759. The molecule has 3 rings (SSSR count). The lowest BCUT2D eigenvalue weighted by Crippen LogP contribution is -2.05. The van der Waals surface area contributed by atoms with E-state index < -0.39 is 0 Å². The largest absolute Gasteiger partial charge is 0.272 e. The van der Waals surface area contributed by atoms with Crippen molar-refractivity contribution in [3.63, 3.8) is 0 Å². The van der Waals surface area contributed by atoms with Gasteiger partial charge in [0.1, 0.15) is 0 Å². The van der Waals surface area contributed by atoms with Crippen molar-refractivity contribution in [3.8, 4) is 0 Å². The van der Waals surface area contributed by atoms with E-state index in [9.17, 15) is 0 Å². The second-order valence-electron chi connectivity index (χ2n) is 3.56. The van der Waals surface area contributed by atoms with E-state index in [1.54, 1.807) is 0 Å². The Kier molecular flexibility index (Phi) is 1.93. The minimum Gasteiger partial charge on any atom is -0.272 e.